The first-order valence-corrected chi connectivity index (χ1v) is 4.23. The Morgan fingerprint density at radius 1 is 1.53 bits per heavy atom. The van der Waals surface area contributed by atoms with Gasteiger partial charge in [0.25, 0.3) is 0 Å². The van der Waals surface area contributed by atoms with Crippen molar-refractivity contribution in [2.24, 2.45) is 0 Å². The Bertz CT molecular complexity index is 393. The number of alkyl halides is 2. The standard InChI is InChI=1S/C9H7ClF2O3/c1-15-6-4-2-3-5(7(6)10)9(11,12)8(13)14/h2-4H,1H3,(H,13,14). The average molecular weight is 237 g/mol. The highest BCUT2D eigenvalue weighted by Gasteiger charge is 2.43. The summed E-state index contributed by atoms with van der Waals surface area (Å²) in [5.74, 6) is -6.27. The minimum Gasteiger partial charge on any atom is -0.495 e. The zero-order valence-electron chi connectivity index (χ0n) is 7.63. The molecule has 1 rings (SSSR count). The van der Waals surface area contributed by atoms with Crippen LogP contribution in [0.3, 0.4) is 0 Å². The number of carbonyl (C=O) groups is 1. The van der Waals surface area contributed by atoms with Gasteiger partial charge < -0.3 is 9.84 Å². The van der Waals surface area contributed by atoms with Crippen molar-refractivity contribution in [1.82, 2.24) is 0 Å². The van der Waals surface area contributed by atoms with E-state index in [-0.39, 0.29) is 5.75 Å². The second-order valence-electron chi connectivity index (χ2n) is 2.70. The summed E-state index contributed by atoms with van der Waals surface area (Å²) in [7, 11) is 1.25. The van der Waals surface area contributed by atoms with E-state index >= 15 is 0 Å². The van der Waals surface area contributed by atoms with Gasteiger partial charge in [-0.25, -0.2) is 4.79 Å². The van der Waals surface area contributed by atoms with Gasteiger partial charge in [0.15, 0.2) is 0 Å². The van der Waals surface area contributed by atoms with Crippen LogP contribution in [-0.2, 0) is 10.7 Å². The van der Waals surface area contributed by atoms with Crippen LogP contribution in [0.15, 0.2) is 18.2 Å². The molecular weight excluding hydrogens is 230 g/mol. The normalized spacial score (nSPS) is 11.2. The van der Waals surface area contributed by atoms with Gasteiger partial charge >= 0.3 is 11.9 Å². The Morgan fingerprint density at radius 3 is 2.60 bits per heavy atom. The van der Waals surface area contributed by atoms with Crippen molar-refractivity contribution >= 4 is 17.6 Å². The Morgan fingerprint density at radius 2 is 2.13 bits per heavy atom. The molecule has 0 fully saturated rings. The van der Waals surface area contributed by atoms with Gasteiger partial charge in [-0.05, 0) is 6.07 Å². The lowest BCUT2D eigenvalue weighted by Crippen LogP contribution is -2.25. The third-order valence-electron chi connectivity index (χ3n) is 1.79. The van der Waals surface area contributed by atoms with Gasteiger partial charge in [-0.1, -0.05) is 23.7 Å². The molecule has 1 aromatic carbocycles. The minimum atomic E-state index is -4.02. The van der Waals surface area contributed by atoms with Crippen LogP contribution in [0.25, 0.3) is 0 Å². The van der Waals surface area contributed by atoms with Crippen molar-refractivity contribution in [3.05, 3.63) is 28.8 Å². The van der Waals surface area contributed by atoms with E-state index in [4.69, 9.17) is 21.4 Å². The lowest BCUT2D eigenvalue weighted by atomic mass is 10.1. The van der Waals surface area contributed by atoms with Gasteiger partial charge in [0, 0.05) is 0 Å². The summed E-state index contributed by atoms with van der Waals surface area (Å²) in [6, 6.07) is 3.56. The molecule has 0 bridgehead atoms. The molecule has 0 aliphatic heterocycles. The molecule has 0 saturated heterocycles. The molecule has 0 heterocycles. The molecule has 0 amide bonds. The number of aliphatic carboxylic acids is 1. The highest BCUT2D eigenvalue weighted by atomic mass is 35.5. The molecule has 82 valence electrons. The van der Waals surface area contributed by atoms with Gasteiger partial charge in [0.1, 0.15) is 5.75 Å². The van der Waals surface area contributed by atoms with Crippen LogP contribution in [0.4, 0.5) is 8.78 Å². The third kappa shape index (κ3) is 2.02. The lowest BCUT2D eigenvalue weighted by molar-refractivity contribution is -0.166. The molecule has 0 radical (unpaired) electrons. The van der Waals surface area contributed by atoms with Crippen LogP contribution in [0.2, 0.25) is 5.02 Å². The second-order valence-corrected chi connectivity index (χ2v) is 3.08. The molecule has 0 spiro atoms. The van der Waals surface area contributed by atoms with E-state index in [9.17, 15) is 13.6 Å². The second kappa shape index (κ2) is 4.02. The first kappa shape index (κ1) is 11.7. The summed E-state index contributed by atoms with van der Waals surface area (Å²) in [6.07, 6.45) is 0. The first-order valence-electron chi connectivity index (χ1n) is 3.85. The topological polar surface area (TPSA) is 46.5 Å². The summed E-state index contributed by atoms with van der Waals surface area (Å²) in [6.45, 7) is 0. The number of hydrogen-bond acceptors (Lipinski definition) is 2. The molecular formula is C9H7ClF2O3. The zero-order chi connectivity index (χ0) is 11.6. The first-order chi connectivity index (χ1) is 6.91. The van der Waals surface area contributed by atoms with E-state index in [1.54, 1.807) is 0 Å². The number of ether oxygens (including phenoxy) is 1. The SMILES string of the molecule is COc1cccc(C(F)(F)C(=O)O)c1Cl. The molecule has 3 nitrogen and oxygen atoms in total. The zero-order valence-corrected chi connectivity index (χ0v) is 8.39. The quantitative estimate of drug-likeness (QED) is 0.877. The van der Waals surface area contributed by atoms with Crippen LogP contribution in [0.5, 0.6) is 5.75 Å². The Hall–Kier alpha value is -1.36. The summed E-state index contributed by atoms with van der Waals surface area (Å²) >= 11 is 5.57. The lowest BCUT2D eigenvalue weighted by Gasteiger charge is -2.14. The average Bonchev–Trinajstić information content (AvgIpc) is 2.17. The van der Waals surface area contributed by atoms with Gasteiger partial charge in [-0.2, -0.15) is 8.78 Å². The fourth-order valence-electron chi connectivity index (χ4n) is 1.03. The van der Waals surface area contributed by atoms with Gasteiger partial charge in [0.2, 0.25) is 0 Å². The Labute approximate surface area is 89.2 Å². The van der Waals surface area contributed by atoms with Crippen LogP contribution in [0, 0.1) is 0 Å². The summed E-state index contributed by atoms with van der Waals surface area (Å²) in [4.78, 5) is 10.3. The molecule has 0 atom stereocenters. The predicted molar refractivity (Wildman–Crippen MR) is 49.5 cm³/mol. The van der Waals surface area contributed by atoms with Crippen molar-refractivity contribution in [1.29, 1.82) is 0 Å². The van der Waals surface area contributed by atoms with Crippen molar-refractivity contribution in [3.63, 3.8) is 0 Å². The van der Waals surface area contributed by atoms with E-state index in [2.05, 4.69) is 0 Å². The fraction of sp³-hybridized carbons (Fsp3) is 0.222. The largest absolute Gasteiger partial charge is 0.495 e. The van der Waals surface area contributed by atoms with Gasteiger partial charge in [0.05, 0.1) is 17.7 Å². The predicted octanol–water partition coefficient (Wildman–Crippen LogP) is 2.53. The molecule has 15 heavy (non-hydrogen) atoms. The number of methoxy groups -OCH3 is 1. The Kier molecular flexibility index (Phi) is 3.14. The van der Waals surface area contributed by atoms with Crippen molar-refractivity contribution in [2.45, 2.75) is 5.92 Å². The van der Waals surface area contributed by atoms with E-state index in [1.165, 1.54) is 19.2 Å². The van der Waals surface area contributed by atoms with E-state index in [0.717, 1.165) is 6.07 Å². The van der Waals surface area contributed by atoms with Crippen molar-refractivity contribution in [2.75, 3.05) is 7.11 Å². The van der Waals surface area contributed by atoms with Crippen LogP contribution in [0.1, 0.15) is 5.56 Å². The van der Waals surface area contributed by atoms with Crippen molar-refractivity contribution < 1.29 is 23.4 Å². The molecule has 0 aliphatic rings. The molecule has 0 unspecified atom stereocenters. The van der Waals surface area contributed by atoms with Crippen LogP contribution in [-0.4, -0.2) is 18.2 Å². The minimum absolute atomic E-state index is 0.00934. The number of hydrogen-bond donors (Lipinski definition) is 1. The number of carboxylic acids is 1. The Balaban J connectivity index is 3.32. The molecule has 0 aromatic heterocycles. The fourth-order valence-corrected chi connectivity index (χ4v) is 1.35. The number of rotatable bonds is 3. The van der Waals surface area contributed by atoms with Gasteiger partial charge in [-0.15, -0.1) is 0 Å². The van der Waals surface area contributed by atoms with Gasteiger partial charge in [-0.3, -0.25) is 0 Å². The van der Waals surface area contributed by atoms with E-state index < -0.39 is 22.5 Å². The maximum atomic E-state index is 13.1. The highest BCUT2D eigenvalue weighted by molar-refractivity contribution is 6.33. The van der Waals surface area contributed by atoms with E-state index in [0.29, 0.717) is 0 Å². The molecule has 0 aliphatic carbocycles. The smallest absolute Gasteiger partial charge is 0.379 e. The summed E-state index contributed by atoms with van der Waals surface area (Å²) in [5.41, 5.74) is -0.781. The highest BCUT2D eigenvalue weighted by Crippen LogP contribution is 2.38. The summed E-state index contributed by atoms with van der Waals surface area (Å²) in [5, 5.41) is 7.94. The molecule has 0 saturated carbocycles. The van der Waals surface area contributed by atoms with Crippen LogP contribution >= 0.6 is 11.6 Å². The van der Waals surface area contributed by atoms with Crippen molar-refractivity contribution in [3.8, 4) is 5.75 Å². The van der Waals surface area contributed by atoms with E-state index in [1.807, 2.05) is 0 Å². The van der Waals surface area contributed by atoms with Crippen LogP contribution < -0.4 is 4.74 Å². The molecule has 6 heteroatoms. The monoisotopic (exact) mass is 236 g/mol. The molecule has 1 N–H and O–H groups in total. The number of carboxylic acid groups (broad SMARTS) is 1. The maximum absolute atomic E-state index is 13.1. The third-order valence-corrected chi connectivity index (χ3v) is 2.18. The summed E-state index contributed by atoms with van der Waals surface area (Å²) < 4.78 is 30.9. The molecule has 1 aromatic rings. The maximum Gasteiger partial charge on any atom is 0.379 e. The number of halogens is 3. The number of benzene rings is 1.